The fourth-order valence-corrected chi connectivity index (χ4v) is 2.69. The Morgan fingerprint density at radius 2 is 2.33 bits per heavy atom. The third-order valence-electron chi connectivity index (χ3n) is 2.85. The van der Waals surface area contributed by atoms with Crippen molar-refractivity contribution >= 4 is 11.3 Å². The molecule has 3 nitrogen and oxygen atoms in total. The van der Waals surface area contributed by atoms with E-state index >= 15 is 0 Å². The molecular formula is C11H18N2OS. The number of aromatic nitrogens is 1. The van der Waals surface area contributed by atoms with Crippen molar-refractivity contribution in [2.75, 3.05) is 6.54 Å². The normalized spacial score (nSPS) is 17.4. The first-order chi connectivity index (χ1) is 7.36. The molecule has 0 spiro atoms. The fourth-order valence-electron chi connectivity index (χ4n) is 1.91. The molecular weight excluding hydrogens is 208 g/mol. The van der Waals surface area contributed by atoms with Gasteiger partial charge >= 0.3 is 0 Å². The Hall–Kier alpha value is -0.450. The van der Waals surface area contributed by atoms with Gasteiger partial charge in [0.2, 0.25) is 0 Å². The summed E-state index contributed by atoms with van der Waals surface area (Å²) in [5.41, 5.74) is 6.13. The highest BCUT2D eigenvalue weighted by molar-refractivity contribution is 7.09. The molecule has 1 aromatic heterocycles. The van der Waals surface area contributed by atoms with Gasteiger partial charge in [-0.1, -0.05) is 12.8 Å². The lowest BCUT2D eigenvalue weighted by Crippen LogP contribution is -2.23. The first-order valence-electron chi connectivity index (χ1n) is 5.64. The molecule has 84 valence electrons. The molecule has 1 fully saturated rings. The molecule has 0 saturated heterocycles. The smallest absolute Gasteiger partial charge is 0.0797 e. The van der Waals surface area contributed by atoms with Gasteiger partial charge in [-0.25, -0.2) is 10.5 Å². The quantitative estimate of drug-likeness (QED) is 0.618. The Labute approximate surface area is 94.8 Å². The summed E-state index contributed by atoms with van der Waals surface area (Å²) in [6.45, 7) is 2.95. The topological polar surface area (TPSA) is 34.2 Å². The van der Waals surface area contributed by atoms with E-state index in [1.807, 2.05) is 5.51 Å². The van der Waals surface area contributed by atoms with Gasteiger partial charge in [0.15, 0.2) is 0 Å². The van der Waals surface area contributed by atoms with E-state index in [2.05, 4.69) is 17.4 Å². The Bertz CT molecular complexity index is 295. The second kappa shape index (κ2) is 5.58. The van der Waals surface area contributed by atoms with Gasteiger partial charge in [0.05, 0.1) is 17.3 Å². The highest BCUT2D eigenvalue weighted by atomic mass is 32.1. The molecule has 0 aliphatic heterocycles. The first kappa shape index (κ1) is 11.0. The number of hydrogen-bond donors (Lipinski definition) is 1. The van der Waals surface area contributed by atoms with E-state index in [0.717, 1.165) is 18.7 Å². The van der Waals surface area contributed by atoms with Gasteiger partial charge in [-0.3, -0.25) is 4.84 Å². The standard InChI is InChI=1S/C11H18N2OS/c1-9-11(15-8-12-9)6-7-13-14-10-4-2-3-5-10/h8,10,13H,2-7H2,1H3. The highest BCUT2D eigenvalue weighted by Gasteiger charge is 2.15. The fraction of sp³-hybridized carbons (Fsp3) is 0.727. The van der Waals surface area contributed by atoms with Crippen LogP contribution in [0.25, 0.3) is 0 Å². The summed E-state index contributed by atoms with van der Waals surface area (Å²) in [4.78, 5) is 11.2. The average molecular weight is 226 g/mol. The lowest BCUT2D eigenvalue weighted by molar-refractivity contribution is -0.0197. The molecule has 15 heavy (non-hydrogen) atoms. The van der Waals surface area contributed by atoms with Crippen molar-refractivity contribution in [1.82, 2.24) is 10.5 Å². The minimum atomic E-state index is 0.451. The molecule has 1 aliphatic rings. The number of rotatable bonds is 5. The zero-order valence-corrected chi connectivity index (χ0v) is 9.98. The third-order valence-corrected chi connectivity index (χ3v) is 3.85. The van der Waals surface area contributed by atoms with Crippen molar-refractivity contribution in [3.63, 3.8) is 0 Å². The molecule has 0 atom stereocenters. The Morgan fingerprint density at radius 1 is 1.53 bits per heavy atom. The lowest BCUT2D eigenvalue weighted by atomic mass is 10.3. The van der Waals surface area contributed by atoms with Crippen LogP contribution in [0.15, 0.2) is 5.51 Å². The van der Waals surface area contributed by atoms with E-state index in [9.17, 15) is 0 Å². The van der Waals surface area contributed by atoms with Crippen LogP contribution in [-0.2, 0) is 11.3 Å². The van der Waals surface area contributed by atoms with E-state index in [-0.39, 0.29) is 0 Å². The number of nitrogens with one attached hydrogen (secondary N) is 1. The van der Waals surface area contributed by atoms with Gasteiger partial charge in [0, 0.05) is 11.4 Å². The van der Waals surface area contributed by atoms with Crippen LogP contribution in [0.5, 0.6) is 0 Å². The number of thiazole rings is 1. The third kappa shape index (κ3) is 3.26. The predicted molar refractivity (Wildman–Crippen MR) is 61.9 cm³/mol. The van der Waals surface area contributed by atoms with Gasteiger partial charge in [-0.2, -0.15) is 0 Å². The molecule has 0 amide bonds. The summed E-state index contributed by atoms with van der Waals surface area (Å²) in [7, 11) is 0. The van der Waals surface area contributed by atoms with Crippen molar-refractivity contribution in [3.8, 4) is 0 Å². The maximum atomic E-state index is 5.58. The SMILES string of the molecule is Cc1ncsc1CCNOC1CCCC1. The minimum Gasteiger partial charge on any atom is -0.299 e. The molecule has 0 radical (unpaired) electrons. The van der Waals surface area contributed by atoms with Crippen LogP contribution in [0, 0.1) is 6.92 Å². The van der Waals surface area contributed by atoms with E-state index in [4.69, 9.17) is 4.84 Å². The number of hydrogen-bond acceptors (Lipinski definition) is 4. The largest absolute Gasteiger partial charge is 0.299 e. The van der Waals surface area contributed by atoms with Crippen molar-refractivity contribution in [3.05, 3.63) is 16.1 Å². The monoisotopic (exact) mass is 226 g/mol. The summed E-state index contributed by atoms with van der Waals surface area (Å²) in [6, 6.07) is 0. The number of hydroxylamine groups is 1. The molecule has 2 rings (SSSR count). The van der Waals surface area contributed by atoms with Crippen LogP contribution < -0.4 is 5.48 Å². The first-order valence-corrected chi connectivity index (χ1v) is 6.51. The molecule has 1 heterocycles. The van der Waals surface area contributed by atoms with E-state index < -0.39 is 0 Å². The molecule has 4 heteroatoms. The van der Waals surface area contributed by atoms with Gasteiger partial charge in [-0.05, 0) is 26.2 Å². The van der Waals surface area contributed by atoms with Gasteiger partial charge in [0.25, 0.3) is 0 Å². The Balaban J connectivity index is 1.60. The van der Waals surface area contributed by atoms with Gasteiger partial charge in [-0.15, -0.1) is 11.3 Å². The van der Waals surface area contributed by atoms with E-state index in [1.54, 1.807) is 11.3 Å². The summed E-state index contributed by atoms with van der Waals surface area (Å²) < 4.78 is 0. The molecule has 0 bridgehead atoms. The zero-order valence-electron chi connectivity index (χ0n) is 9.16. The lowest BCUT2D eigenvalue weighted by Gasteiger charge is -2.10. The van der Waals surface area contributed by atoms with Crippen LogP contribution in [-0.4, -0.2) is 17.6 Å². The van der Waals surface area contributed by atoms with Crippen molar-refractivity contribution in [2.45, 2.75) is 45.1 Å². The maximum absolute atomic E-state index is 5.58. The molecule has 1 aliphatic carbocycles. The van der Waals surface area contributed by atoms with Crippen molar-refractivity contribution < 1.29 is 4.84 Å². The molecule has 1 saturated carbocycles. The Morgan fingerprint density at radius 3 is 3.00 bits per heavy atom. The molecule has 1 N–H and O–H groups in total. The van der Waals surface area contributed by atoms with E-state index in [1.165, 1.54) is 30.6 Å². The molecule has 1 aromatic rings. The number of aryl methyl sites for hydroxylation is 1. The van der Waals surface area contributed by atoms with Crippen LogP contribution >= 0.6 is 11.3 Å². The Kier molecular flexibility index (Phi) is 4.11. The summed E-state index contributed by atoms with van der Waals surface area (Å²) >= 11 is 1.73. The molecule has 0 aromatic carbocycles. The predicted octanol–water partition coefficient (Wildman–Crippen LogP) is 2.46. The summed E-state index contributed by atoms with van der Waals surface area (Å²) in [6.07, 6.45) is 6.54. The average Bonchev–Trinajstić information content (AvgIpc) is 2.85. The van der Waals surface area contributed by atoms with Gasteiger partial charge in [0.1, 0.15) is 0 Å². The van der Waals surface area contributed by atoms with Crippen molar-refractivity contribution in [2.24, 2.45) is 0 Å². The maximum Gasteiger partial charge on any atom is 0.0797 e. The highest BCUT2D eigenvalue weighted by Crippen LogP contribution is 2.19. The van der Waals surface area contributed by atoms with Gasteiger partial charge < -0.3 is 0 Å². The molecule has 0 unspecified atom stereocenters. The number of nitrogens with zero attached hydrogens (tertiary/aromatic N) is 1. The summed E-state index contributed by atoms with van der Waals surface area (Å²) in [5, 5.41) is 0. The van der Waals surface area contributed by atoms with Crippen LogP contribution in [0.2, 0.25) is 0 Å². The van der Waals surface area contributed by atoms with Crippen molar-refractivity contribution in [1.29, 1.82) is 0 Å². The second-order valence-corrected chi connectivity index (χ2v) is 4.97. The van der Waals surface area contributed by atoms with Crippen LogP contribution in [0.4, 0.5) is 0 Å². The van der Waals surface area contributed by atoms with E-state index in [0.29, 0.717) is 6.10 Å². The summed E-state index contributed by atoms with van der Waals surface area (Å²) in [5.74, 6) is 0. The van der Waals surface area contributed by atoms with Crippen LogP contribution in [0.3, 0.4) is 0 Å². The van der Waals surface area contributed by atoms with Crippen LogP contribution in [0.1, 0.15) is 36.3 Å². The minimum absolute atomic E-state index is 0.451. The zero-order chi connectivity index (χ0) is 10.5. The second-order valence-electron chi connectivity index (χ2n) is 4.03.